The molecular weight excluding hydrogens is 212 g/mol. The van der Waals surface area contributed by atoms with Crippen LogP contribution in [0.15, 0.2) is 51.8 Å². The molecule has 0 spiro atoms. The lowest BCUT2D eigenvalue weighted by Crippen LogP contribution is -2.05. The molecule has 0 saturated heterocycles. The molecular formula is C15H16S. The van der Waals surface area contributed by atoms with Gasteiger partial charge in [-0.15, -0.1) is 0 Å². The van der Waals surface area contributed by atoms with E-state index in [4.69, 9.17) is 0 Å². The molecule has 1 unspecified atom stereocenters. The molecule has 16 heavy (non-hydrogen) atoms. The molecule has 1 aromatic carbocycles. The Morgan fingerprint density at radius 2 is 2.12 bits per heavy atom. The maximum atomic E-state index is 2.37. The highest BCUT2D eigenvalue weighted by Crippen LogP contribution is 2.42. The zero-order chi connectivity index (χ0) is 11.0. The van der Waals surface area contributed by atoms with Gasteiger partial charge in [0.25, 0.3) is 0 Å². The van der Waals surface area contributed by atoms with Crippen molar-refractivity contribution in [2.24, 2.45) is 5.92 Å². The molecule has 0 amide bonds. The van der Waals surface area contributed by atoms with E-state index in [0.717, 1.165) is 0 Å². The van der Waals surface area contributed by atoms with Gasteiger partial charge in [-0.05, 0) is 36.8 Å². The van der Waals surface area contributed by atoms with Crippen molar-refractivity contribution >= 4 is 11.8 Å². The summed E-state index contributed by atoms with van der Waals surface area (Å²) in [5, 5.41) is 0. The summed E-state index contributed by atoms with van der Waals surface area (Å²) in [6.45, 7) is 2.37. The zero-order valence-electron chi connectivity index (χ0n) is 9.57. The summed E-state index contributed by atoms with van der Waals surface area (Å²) in [6, 6.07) is 8.84. The largest absolute Gasteiger partial charge is 0.0899 e. The van der Waals surface area contributed by atoms with E-state index in [9.17, 15) is 0 Å². The fraction of sp³-hybridized carbons (Fsp3) is 0.333. The van der Waals surface area contributed by atoms with Crippen LogP contribution in [0.1, 0.15) is 25.3 Å². The molecule has 2 aliphatic rings. The van der Waals surface area contributed by atoms with E-state index in [0.29, 0.717) is 5.92 Å². The number of hydrogen-bond acceptors (Lipinski definition) is 1. The number of rotatable bonds is 0. The summed E-state index contributed by atoms with van der Waals surface area (Å²) >= 11 is 1.96. The molecule has 1 aliphatic carbocycles. The molecule has 82 valence electrons. The van der Waals surface area contributed by atoms with Crippen molar-refractivity contribution in [3.05, 3.63) is 52.5 Å². The lowest BCUT2D eigenvalue weighted by molar-refractivity contribution is 0.635. The molecule has 3 rings (SSSR count). The summed E-state index contributed by atoms with van der Waals surface area (Å²) in [5.74, 6) is 0.705. The van der Waals surface area contributed by atoms with Crippen LogP contribution in [0.3, 0.4) is 0 Å². The van der Waals surface area contributed by atoms with Gasteiger partial charge in [-0.25, -0.2) is 0 Å². The van der Waals surface area contributed by atoms with Gasteiger partial charge in [0.1, 0.15) is 0 Å². The van der Waals surface area contributed by atoms with Gasteiger partial charge in [-0.2, -0.15) is 0 Å². The number of benzene rings is 1. The number of thioether (sulfide) groups is 1. The fourth-order valence-corrected chi connectivity index (χ4v) is 3.86. The Morgan fingerprint density at radius 1 is 1.25 bits per heavy atom. The van der Waals surface area contributed by atoms with Gasteiger partial charge in [-0.1, -0.05) is 54.6 Å². The predicted molar refractivity (Wildman–Crippen MR) is 70.6 cm³/mol. The first-order valence-electron chi connectivity index (χ1n) is 6.00. The van der Waals surface area contributed by atoms with Gasteiger partial charge in [-0.3, -0.25) is 0 Å². The van der Waals surface area contributed by atoms with Crippen molar-refractivity contribution in [3.8, 4) is 0 Å². The molecule has 1 heterocycles. The molecule has 0 nitrogen and oxygen atoms in total. The summed E-state index contributed by atoms with van der Waals surface area (Å²) in [6.07, 6.45) is 8.32. The van der Waals surface area contributed by atoms with Crippen molar-refractivity contribution in [3.63, 3.8) is 0 Å². The van der Waals surface area contributed by atoms with Crippen molar-refractivity contribution in [2.75, 3.05) is 0 Å². The third-order valence-electron chi connectivity index (χ3n) is 3.48. The molecule has 1 aliphatic heterocycles. The van der Waals surface area contributed by atoms with Crippen molar-refractivity contribution in [1.82, 2.24) is 0 Å². The average Bonchev–Trinajstić information content (AvgIpc) is 2.45. The first-order valence-corrected chi connectivity index (χ1v) is 6.81. The van der Waals surface area contributed by atoms with E-state index in [1.165, 1.54) is 34.6 Å². The summed E-state index contributed by atoms with van der Waals surface area (Å²) < 4.78 is 0. The molecule has 0 N–H and O–H groups in total. The van der Waals surface area contributed by atoms with Crippen molar-refractivity contribution < 1.29 is 0 Å². The number of hydrogen-bond donors (Lipinski definition) is 0. The third-order valence-corrected chi connectivity index (χ3v) is 4.72. The smallest absolute Gasteiger partial charge is 0.0154 e. The summed E-state index contributed by atoms with van der Waals surface area (Å²) in [4.78, 5) is 2.95. The van der Waals surface area contributed by atoms with Gasteiger partial charge in [0.05, 0.1) is 0 Å². The molecule has 1 heteroatoms. The van der Waals surface area contributed by atoms with Crippen molar-refractivity contribution in [2.45, 2.75) is 31.1 Å². The first kappa shape index (κ1) is 10.2. The predicted octanol–water partition coefficient (Wildman–Crippen LogP) is 4.58. The van der Waals surface area contributed by atoms with Crippen LogP contribution in [0.4, 0.5) is 0 Å². The molecule has 1 aromatic rings. The van der Waals surface area contributed by atoms with Gasteiger partial charge >= 0.3 is 0 Å². The Kier molecular flexibility index (Phi) is 2.64. The highest BCUT2D eigenvalue weighted by molar-refractivity contribution is 8.03. The second-order valence-electron chi connectivity index (χ2n) is 4.65. The molecule has 0 aromatic heterocycles. The quantitative estimate of drug-likeness (QED) is 0.626. The second kappa shape index (κ2) is 4.14. The Hall–Kier alpha value is -0.950. The standard InChI is InChI=1S/C15H16S/c1-11-10-12-6-2-4-8-14(12)16-15-9-5-3-7-13(11)15/h2,4-6,8-9,11H,3,7,10H2,1H3. The van der Waals surface area contributed by atoms with Crippen LogP contribution >= 0.6 is 11.8 Å². The fourth-order valence-electron chi connectivity index (χ4n) is 2.59. The molecule has 1 atom stereocenters. The average molecular weight is 228 g/mol. The first-order chi connectivity index (χ1) is 7.84. The maximum absolute atomic E-state index is 2.37. The summed E-state index contributed by atoms with van der Waals surface area (Å²) in [7, 11) is 0. The SMILES string of the molecule is CC1Cc2ccccc2SC2=C1CCC=C2. The lowest BCUT2D eigenvalue weighted by atomic mass is 9.88. The monoisotopic (exact) mass is 228 g/mol. The van der Waals surface area contributed by atoms with Gasteiger partial charge in [0.15, 0.2) is 0 Å². The maximum Gasteiger partial charge on any atom is 0.0154 e. The second-order valence-corrected chi connectivity index (χ2v) is 5.73. The van der Waals surface area contributed by atoms with Gasteiger partial charge < -0.3 is 0 Å². The van der Waals surface area contributed by atoms with Crippen LogP contribution in [-0.2, 0) is 6.42 Å². The minimum absolute atomic E-state index is 0.705. The molecule has 0 saturated carbocycles. The Bertz CT molecular complexity index is 468. The number of allylic oxidation sites excluding steroid dienone is 3. The normalized spacial score (nSPS) is 23.7. The Balaban J connectivity index is 2.06. The molecule has 0 bridgehead atoms. The summed E-state index contributed by atoms with van der Waals surface area (Å²) in [5.41, 5.74) is 3.19. The van der Waals surface area contributed by atoms with E-state index in [1.807, 2.05) is 11.8 Å². The third kappa shape index (κ3) is 1.73. The van der Waals surface area contributed by atoms with Crippen LogP contribution in [0.2, 0.25) is 0 Å². The van der Waals surface area contributed by atoms with Crippen LogP contribution in [-0.4, -0.2) is 0 Å². The van der Waals surface area contributed by atoms with E-state index < -0.39 is 0 Å². The highest BCUT2D eigenvalue weighted by atomic mass is 32.2. The van der Waals surface area contributed by atoms with E-state index >= 15 is 0 Å². The molecule has 0 fully saturated rings. The van der Waals surface area contributed by atoms with Crippen LogP contribution in [0, 0.1) is 5.92 Å². The molecule has 0 radical (unpaired) electrons. The van der Waals surface area contributed by atoms with Gasteiger partial charge in [0.2, 0.25) is 0 Å². The van der Waals surface area contributed by atoms with E-state index in [1.54, 1.807) is 5.57 Å². The van der Waals surface area contributed by atoms with E-state index in [2.05, 4.69) is 43.3 Å². The van der Waals surface area contributed by atoms with Gasteiger partial charge in [0, 0.05) is 9.80 Å². The highest BCUT2D eigenvalue weighted by Gasteiger charge is 2.21. The van der Waals surface area contributed by atoms with Crippen LogP contribution in [0.5, 0.6) is 0 Å². The van der Waals surface area contributed by atoms with Crippen LogP contribution < -0.4 is 0 Å². The minimum Gasteiger partial charge on any atom is -0.0899 e. The Labute approximate surface area is 101 Å². The lowest BCUT2D eigenvalue weighted by Gasteiger charge is -2.18. The van der Waals surface area contributed by atoms with Crippen molar-refractivity contribution in [1.29, 1.82) is 0 Å². The number of fused-ring (bicyclic) bond motifs is 1. The minimum atomic E-state index is 0.705. The van der Waals surface area contributed by atoms with E-state index in [-0.39, 0.29) is 0 Å². The Morgan fingerprint density at radius 3 is 3.06 bits per heavy atom. The van der Waals surface area contributed by atoms with Crippen LogP contribution in [0.25, 0.3) is 0 Å². The topological polar surface area (TPSA) is 0 Å². The zero-order valence-corrected chi connectivity index (χ0v) is 10.4.